The van der Waals surface area contributed by atoms with E-state index in [1.54, 1.807) is 109 Å². The third-order valence-corrected chi connectivity index (χ3v) is 11.3. The molecule has 0 amide bonds. The van der Waals surface area contributed by atoms with Gasteiger partial charge < -0.3 is 13.6 Å². The number of phosphoric ester groups is 1. The summed E-state index contributed by atoms with van der Waals surface area (Å²) in [5.74, 6) is 0.377. The number of carbonyl (C=O) groups excluding carboxylic acids is 3. The fourth-order valence-corrected chi connectivity index (χ4v) is 8.20. The van der Waals surface area contributed by atoms with Crippen LogP contribution in [0.4, 0.5) is 0 Å². The lowest BCUT2D eigenvalue weighted by molar-refractivity contribution is 0.103. The Kier molecular flexibility index (Phi) is 9.87. The van der Waals surface area contributed by atoms with Crippen LogP contribution in [-0.2, 0) is 4.57 Å². The summed E-state index contributed by atoms with van der Waals surface area (Å²) in [7, 11) is -4.48. The monoisotopic (exact) mass is 788 g/mol. The van der Waals surface area contributed by atoms with E-state index in [-0.39, 0.29) is 34.6 Å². The van der Waals surface area contributed by atoms with Crippen molar-refractivity contribution in [2.24, 2.45) is 0 Å². The molecule has 9 rings (SSSR count). The smallest absolute Gasteiger partial charge is 0.386 e. The van der Waals surface area contributed by atoms with Gasteiger partial charge in [-0.05, 0) is 86.9 Å². The highest BCUT2D eigenvalue weighted by Crippen LogP contribution is 2.51. The summed E-state index contributed by atoms with van der Waals surface area (Å²) in [6.07, 6.45) is 0. The molecular formula is C51H33O7P. The maximum atomic E-state index is 14.8. The molecule has 0 saturated heterocycles. The number of phosphoric acid groups is 1. The molecule has 0 bridgehead atoms. The number of benzene rings is 9. The predicted molar refractivity (Wildman–Crippen MR) is 231 cm³/mol. The molecular weight excluding hydrogens is 756 g/mol. The third kappa shape index (κ3) is 8.01. The number of rotatable bonds is 12. The molecule has 0 N–H and O–H groups in total. The van der Waals surface area contributed by atoms with Crippen molar-refractivity contribution >= 4 is 57.5 Å². The van der Waals surface area contributed by atoms with E-state index in [1.807, 2.05) is 91.0 Å². The van der Waals surface area contributed by atoms with Gasteiger partial charge in [-0.2, -0.15) is 4.57 Å². The fraction of sp³-hybridized carbons (Fsp3) is 0. The van der Waals surface area contributed by atoms with Gasteiger partial charge in [0.05, 0.1) is 0 Å². The molecule has 59 heavy (non-hydrogen) atoms. The van der Waals surface area contributed by atoms with Crippen molar-refractivity contribution in [2.75, 3.05) is 0 Å². The Morgan fingerprint density at radius 3 is 0.831 bits per heavy atom. The molecule has 9 aromatic carbocycles. The number of fused-ring (bicyclic) bond motifs is 3. The number of carbonyl (C=O) groups is 3. The summed E-state index contributed by atoms with van der Waals surface area (Å²) < 4.78 is 33.3. The zero-order chi connectivity index (χ0) is 40.3. The highest BCUT2D eigenvalue weighted by Gasteiger charge is 2.34. The predicted octanol–water partition coefficient (Wildman–Crippen LogP) is 12.5. The zero-order valence-electron chi connectivity index (χ0n) is 31.4. The Morgan fingerprint density at radius 1 is 0.288 bits per heavy atom. The second-order valence-electron chi connectivity index (χ2n) is 14.0. The highest BCUT2D eigenvalue weighted by molar-refractivity contribution is 7.49. The second kappa shape index (κ2) is 15.7. The Hall–Kier alpha value is -7.60. The van der Waals surface area contributed by atoms with Crippen LogP contribution >= 0.6 is 7.82 Å². The van der Waals surface area contributed by atoms with Gasteiger partial charge in [-0.25, -0.2) is 0 Å². The van der Waals surface area contributed by atoms with Crippen molar-refractivity contribution in [3.8, 4) is 17.2 Å². The van der Waals surface area contributed by atoms with E-state index in [4.69, 9.17) is 13.6 Å². The van der Waals surface area contributed by atoms with Crippen molar-refractivity contribution < 1.29 is 32.5 Å². The largest absolute Gasteiger partial charge is 0.647 e. The maximum absolute atomic E-state index is 14.8. The van der Waals surface area contributed by atoms with Gasteiger partial charge in [-0.15, -0.1) is 0 Å². The van der Waals surface area contributed by atoms with Gasteiger partial charge in [-0.1, -0.05) is 146 Å². The number of hydrogen-bond donors (Lipinski definition) is 0. The van der Waals surface area contributed by atoms with E-state index in [9.17, 15) is 18.9 Å². The van der Waals surface area contributed by atoms with E-state index in [0.717, 1.165) is 32.3 Å². The van der Waals surface area contributed by atoms with E-state index in [1.165, 1.54) is 0 Å². The lowest BCUT2D eigenvalue weighted by atomic mass is 10.00. The van der Waals surface area contributed by atoms with Crippen LogP contribution in [0.3, 0.4) is 0 Å². The van der Waals surface area contributed by atoms with Gasteiger partial charge in [0.25, 0.3) is 0 Å². The molecule has 0 aliphatic heterocycles. The van der Waals surface area contributed by atoms with Crippen LogP contribution in [0.1, 0.15) is 47.8 Å². The van der Waals surface area contributed by atoms with Crippen molar-refractivity contribution in [3.05, 3.63) is 234 Å². The molecule has 0 atom stereocenters. The lowest BCUT2D eigenvalue weighted by Crippen LogP contribution is -2.08. The summed E-state index contributed by atoms with van der Waals surface area (Å²) in [5.41, 5.74) is 3.38. The Labute approximate surface area is 339 Å². The van der Waals surface area contributed by atoms with Crippen LogP contribution in [0.2, 0.25) is 0 Å². The first-order valence-corrected chi connectivity index (χ1v) is 20.3. The normalized spacial score (nSPS) is 11.3. The van der Waals surface area contributed by atoms with Crippen LogP contribution < -0.4 is 13.6 Å². The first-order valence-electron chi connectivity index (χ1n) is 18.9. The average molecular weight is 789 g/mol. The van der Waals surface area contributed by atoms with Gasteiger partial charge in [0, 0.05) is 33.4 Å². The minimum absolute atomic E-state index is 0.0945. The van der Waals surface area contributed by atoms with E-state index in [0.29, 0.717) is 33.4 Å². The maximum Gasteiger partial charge on any atom is 0.647 e. The van der Waals surface area contributed by atoms with Crippen molar-refractivity contribution in [2.45, 2.75) is 0 Å². The first-order chi connectivity index (χ1) is 28.8. The van der Waals surface area contributed by atoms with Crippen molar-refractivity contribution in [1.82, 2.24) is 0 Å². The second-order valence-corrected chi connectivity index (χ2v) is 15.4. The van der Waals surface area contributed by atoms with Crippen LogP contribution in [0.15, 0.2) is 200 Å². The Morgan fingerprint density at radius 2 is 0.542 bits per heavy atom. The van der Waals surface area contributed by atoms with Crippen molar-refractivity contribution in [3.63, 3.8) is 0 Å². The number of hydrogen-bond acceptors (Lipinski definition) is 7. The standard InChI is InChI=1S/C51H33O7P/c52-49(34-10-4-1-5-11-34)43-19-16-40-31-46(25-22-37(40)28-43)56-59(55,57-47-26-23-38-29-44(20-17-41(38)32-47)50(53)35-12-6-2-7-13-35)58-48-27-24-39-30-45(21-18-42(39)33-48)51(54)36-14-8-3-9-15-36/h1-33H. The average Bonchev–Trinajstić information content (AvgIpc) is 3.28. The summed E-state index contributed by atoms with van der Waals surface area (Å²) in [6.45, 7) is 0. The quantitative estimate of drug-likeness (QED) is 0.0898. The summed E-state index contributed by atoms with van der Waals surface area (Å²) >= 11 is 0. The molecule has 0 aromatic heterocycles. The minimum Gasteiger partial charge on any atom is -0.386 e. The molecule has 0 saturated carbocycles. The summed E-state index contributed by atoms with van der Waals surface area (Å²) in [6, 6.07) is 58.7. The fourth-order valence-electron chi connectivity index (χ4n) is 6.98. The number of ketones is 3. The van der Waals surface area contributed by atoms with Gasteiger partial charge in [0.1, 0.15) is 17.2 Å². The molecule has 0 aliphatic carbocycles. The Balaban J connectivity index is 1.02. The minimum atomic E-state index is -4.48. The molecule has 0 radical (unpaired) electrons. The van der Waals surface area contributed by atoms with Crippen LogP contribution in [-0.4, -0.2) is 17.3 Å². The van der Waals surface area contributed by atoms with Crippen molar-refractivity contribution in [1.29, 1.82) is 0 Å². The lowest BCUT2D eigenvalue weighted by Gasteiger charge is -2.20. The molecule has 0 unspecified atom stereocenters. The van der Waals surface area contributed by atoms with Crippen LogP contribution in [0, 0.1) is 0 Å². The van der Waals surface area contributed by atoms with Gasteiger partial charge >= 0.3 is 7.82 Å². The summed E-state index contributed by atoms with van der Waals surface area (Å²) in [5, 5.41) is 4.60. The Bertz CT molecular complexity index is 2780. The highest BCUT2D eigenvalue weighted by atomic mass is 31.2. The van der Waals surface area contributed by atoms with E-state index >= 15 is 0 Å². The molecule has 0 spiro atoms. The third-order valence-electron chi connectivity index (χ3n) is 9.98. The molecule has 0 heterocycles. The molecule has 8 heteroatoms. The van der Waals surface area contributed by atoms with Crippen LogP contribution in [0.5, 0.6) is 17.2 Å². The first kappa shape index (κ1) is 37.0. The SMILES string of the molecule is O=C(c1ccccc1)c1ccc2cc(OP(=O)(Oc3ccc4cc(C(=O)c5ccccc5)ccc4c3)Oc3ccc4cc(C(=O)c5ccccc5)ccc4c3)ccc2c1. The topological polar surface area (TPSA) is 96.0 Å². The molecule has 0 aliphatic rings. The molecule has 284 valence electrons. The molecule has 0 fully saturated rings. The van der Waals surface area contributed by atoms with Gasteiger partial charge in [0.15, 0.2) is 17.3 Å². The van der Waals surface area contributed by atoms with E-state index in [2.05, 4.69) is 0 Å². The molecule has 7 nitrogen and oxygen atoms in total. The molecule has 9 aromatic rings. The van der Waals surface area contributed by atoms with E-state index < -0.39 is 7.82 Å². The van der Waals surface area contributed by atoms with Gasteiger partial charge in [-0.3, -0.25) is 14.4 Å². The summed E-state index contributed by atoms with van der Waals surface area (Å²) in [4.78, 5) is 39.4. The zero-order valence-corrected chi connectivity index (χ0v) is 32.3. The van der Waals surface area contributed by atoms with Gasteiger partial charge in [0.2, 0.25) is 0 Å². The van der Waals surface area contributed by atoms with Crippen LogP contribution in [0.25, 0.3) is 32.3 Å².